The maximum atomic E-state index is 11.9. The minimum absolute atomic E-state index is 0.0907. The highest BCUT2D eigenvalue weighted by molar-refractivity contribution is 5.87. The fourth-order valence-corrected chi connectivity index (χ4v) is 2.64. The van der Waals surface area contributed by atoms with Crippen molar-refractivity contribution in [2.24, 2.45) is 5.92 Å². The van der Waals surface area contributed by atoms with Gasteiger partial charge < -0.3 is 14.6 Å². The van der Waals surface area contributed by atoms with E-state index in [4.69, 9.17) is 5.11 Å². The number of rotatable bonds is 2. The number of aromatic nitrogens is 1. The van der Waals surface area contributed by atoms with E-state index >= 15 is 0 Å². The standard InChI is InChI=1S/C13H18N2O3/c1-9-7-14(2)6-5-11(9)15-8-10(13(17)18)3-4-12(15)16/h3-4,8-9,11H,5-7H2,1-2H3,(H,17,18). The Labute approximate surface area is 106 Å². The van der Waals surface area contributed by atoms with Gasteiger partial charge in [0.1, 0.15) is 0 Å². The van der Waals surface area contributed by atoms with E-state index < -0.39 is 5.97 Å². The van der Waals surface area contributed by atoms with Crippen LogP contribution in [0.3, 0.4) is 0 Å². The van der Waals surface area contributed by atoms with E-state index in [0.29, 0.717) is 5.92 Å². The van der Waals surface area contributed by atoms with Crippen molar-refractivity contribution in [2.45, 2.75) is 19.4 Å². The summed E-state index contributed by atoms with van der Waals surface area (Å²) in [6.07, 6.45) is 2.35. The second-order valence-electron chi connectivity index (χ2n) is 5.06. The largest absolute Gasteiger partial charge is 0.478 e. The maximum absolute atomic E-state index is 11.9. The molecule has 0 aliphatic carbocycles. The molecule has 1 N–H and O–H groups in total. The van der Waals surface area contributed by atoms with Crippen molar-refractivity contribution in [3.8, 4) is 0 Å². The molecule has 1 aliphatic rings. The van der Waals surface area contributed by atoms with Crippen LogP contribution < -0.4 is 5.56 Å². The maximum Gasteiger partial charge on any atom is 0.337 e. The van der Waals surface area contributed by atoms with Gasteiger partial charge in [0.15, 0.2) is 0 Å². The molecule has 0 spiro atoms. The summed E-state index contributed by atoms with van der Waals surface area (Å²) < 4.78 is 1.58. The van der Waals surface area contributed by atoms with E-state index in [1.165, 1.54) is 18.3 Å². The second kappa shape index (κ2) is 4.94. The lowest BCUT2D eigenvalue weighted by atomic mass is 9.93. The molecule has 0 aromatic carbocycles. The highest BCUT2D eigenvalue weighted by Gasteiger charge is 2.26. The summed E-state index contributed by atoms with van der Waals surface area (Å²) in [4.78, 5) is 25.1. The predicted molar refractivity (Wildman–Crippen MR) is 68.0 cm³/mol. The van der Waals surface area contributed by atoms with Crippen LogP contribution in [-0.2, 0) is 0 Å². The minimum Gasteiger partial charge on any atom is -0.478 e. The molecule has 1 fully saturated rings. The first-order chi connectivity index (χ1) is 8.49. The molecule has 2 rings (SSSR count). The van der Waals surface area contributed by atoms with Crippen LogP contribution in [-0.4, -0.2) is 40.7 Å². The first-order valence-electron chi connectivity index (χ1n) is 6.13. The van der Waals surface area contributed by atoms with Crippen molar-refractivity contribution in [3.05, 3.63) is 34.2 Å². The van der Waals surface area contributed by atoms with Gasteiger partial charge >= 0.3 is 5.97 Å². The molecule has 1 aromatic heterocycles. The van der Waals surface area contributed by atoms with Crippen LogP contribution in [0.4, 0.5) is 0 Å². The zero-order valence-corrected chi connectivity index (χ0v) is 10.7. The van der Waals surface area contributed by atoms with Crippen LogP contribution >= 0.6 is 0 Å². The summed E-state index contributed by atoms with van der Waals surface area (Å²) in [6.45, 7) is 3.95. The Morgan fingerprint density at radius 1 is 1.44 bits per heavy atom. The molecule has 98 valence electrons. The van der Waals surface area contributed by atoms with Gasteiger partial charge in [0.2, 0.25) is 0 Å². The van der Waals surface area contributed by atoms with Crippen molar-refractivity contribution in [3.63, 3.8) is 0 Å². The first kappa shape index (κ1) is 12.8. The summed E-state index contributed by atoms with van der Waals surface area (Å²) in [6, 6.07) is 2.79. The van der Waals surface area contributed by atoms with E-state index in [9.17, 15) is 9.59 Å². The third kappa shape index (κ3) is 2.46. The van der Waals surface area contributed by atoms with Crippen LogP contribution in [0.25, 0.3) is 0 Å². The molecular formula is C13H18N2O3. The molecule has 1 aromatic rings. The van der Waals surface area contributed by atoms with E-state index in [-0.39, 0.29) is 17.2 Å². The number of carbonyl (C=O) groups is 1. The fourth-order valence-electron chi connectivity index (χ4n) is 2.64. The Bertz CT molecular complexity index is 509. The van der Waals surface area contributed by atoms with Crippen molar-refractivity contribution < 1.29 is 9.90 Å². The third-order valence-electron chi connectivity index (χ3n) is 3.61. The van der Waals surface area contributed by atoms with Crippen LogP contribution in [0.1, 0.15) is 29.7 Å². The summed E-state index contributed by atoms with van der Waals surface area (Å²) in [5, 5.41) is 8.98. The molecule has 2 unspecified atom stereocenters. The number of nitrogens with zero attached hydrogens (tertiary/aromatic N) is 2. The Balaban J connectivity index is 2.35. The van der Waals surface area contributed by atoms with Crippen molar-refractivity contribution in [1.82, 2.24) is 9.47 Å². The Kier molecular flexibility index (Phi) is 3.52. The summed E-state index contributed by atoms with van der Waals surface area (Å²) in [7, 11) is 2.06. The van der Waals surface area contributed by atoms with E-state index in [2.05, 4.69) is 18.9 Å². The highest BCUT2D eigenvalue weighted by atomic mass is 16.4. The predicted octanol–water partition coefficient (Wildman–Crippen LogP) is 1.06. The summed E-state index contributed by atoms with van der Waals surface area (Å²) >= 11 is 0. The lowest BCUT2D eigenvalue weighted by Crippen LogP contribution is -2.40. The lowest BCUT2D eigenvalue weighted by Gasteiger charge is -2.35. The number of hydrogen-bond acceptors (Lipinski definition) is 3. The van der Waals surface area contributed by atoms with Crippen LogP contribution in [0.5, 0.6) is 0 Å². The van der Waals surface area contributed by atoms with E-state index in [0.717, 1.165) is 19.5 Å². The quantitative estimate of drug-likeness (QED) is 0.852. The molecule has 5 heteroatoms. The third-order valence-corrected chi connectivity index (χ3v) is 3.61. The topological polar surface area (TPSA) is 62.5 Å². The molecule has 0 bridgehead atoms. The zero-order chi connectivity index (χ0) is 13.3. The Morgan fingerprint density at radius 2 is 2.17 bits per heavy atom. The van der Waals surface area contributed by atoms with Gasteiger partial charge in [-0.15, -0.1) is 0 Å². The minimum atomic E-state index is -0.996. The number of carboxylic acids is 1. The molecule has 0 amide bonds. The van der Waals surface area contributed by atoms with E-state index in [1.54, 1.807) is 4.57 Å². The van der Waals surface area contributed by atoms with Gasteiger partial charge in [0, 0.05) is 24.8 Å². The number of carboxylic acid groups (broad SMARTS) is 1. The number of hydrogen-bond donors (Lipinski definition) is 1. The van der Waals surface area contributed by atoms with Crippen LogP contribution in [0.2, 0.25) is 0 Å². The average molecular weight is 250 g/mol. The summed E-state index contributed by atoms with van der Waals surface area (Å²) in [5.74, 6) is -0.658. The second-order valence-corrected chi connectivity index (χ2v) is 5.06. The van der Waals surface area contributed by atoms with Gasteiger partial charge in [0.05, 0.1) is 5.56 Å². The smallest absolute Gasteiger partial charge is 0.337 e. The van der Waals surface area contributed by atoms with Crippen molar-refractivity contribution in [2.75, 3.05) is 20.1 Å². The molecule has 0 saturated carbocycles. The number of piperidine rings is 1. The SMILES string of the molecule is CC1CN(C)CCC1n1cc(C(=O)O)ccc1=O. The lowest BCUT2D eigenvalue weighted by molar-refractivity contribution is 0.0694. The van der Waals surface area contributed by atoms with Crippen LogP contribution in [0, 0.1) is 5.92 Å². The Morgan fingerprint density at radius 3 is 2.78 bits per heavy atom. The molecule has 5 nitrogen and oxygen atoms in total. The van der Waals surface area contributed by atoms with Gasteiger partial charge in [0.25, 0.3) is 5.56 Å². The first-order valence-corrected chi connectivity index (χ1v) is 6.13. The molecule has 2 atom stereocenters. The van der Waals surface area contributed by atoms with Crippen LogP contribution in [0.15, 0.2) is 23.1 Å². The normalized spacial score (nSPS) is 25.0. The van der Waals surface area contributed by atoms with Crippen molar-refractivity contribution >= 4 is 5.97 Å². The number of likely N-dealkylation sites (tertiary alicyclic amines) is 1. The molecule has 2 heterocycles. The molecule has 1 aliphatic heterocycles. The van der Waals surface area contributed by atoms with E-state index in [1.807, 2.05) is 0 Å². The summed E-state index contributed by atoms with van der Waals surface area (Å²) in [5.41, 5.74) is 0.0436. The highest BCUT2D eigenvalue weighted by Crippen LogP contribution is 2.26. The van der Waals surface area contributed by atoms with Gasteiger partial charge in [-0.2, -0.15) is 0 Å². The number of pyridine rings is 1. The number of aromatic carboxylic acids is 1. The molecule has 18 heavy (non-hydrogen) atoms. The molecule has 0 radical (unpaired) electrons. The average Bonchev–Trinajstić information content (AvgIpc) is 2.30. The fraction of sp³-hybridized carbons (Fsp3) is 0.538. The van der Waals surface area contributed by atoms with Gasteiger partial charge in [-0.1, -0.05) is 6.92 Å². The Hall–Kier alpha value is -1.62. The molecular weight excluding hydrogens is 232 g/mol. The van der Waals surface area contributed by atoms with Gasteiger partial charge in [-0.25, -0.2) is 4.79 Å². The molecule has 1 saturated heterocycles. The van der Waals surface area contributed by atoms with Crippen molar-refractivity contribution in [1.29, 1.82) is 0 Å². The monoisotopic (exact) mass is 250 g/mol. The van der Waals surface area contributed by atoms with Gasteiger partial charge in [-0.05, 0) is 32.0 Å². The zero-order valence-electron chi connectivity index (χ0n) is 10.7. The van der Waals surface area contributed by atoms with Gasteiger partial charge in [-0.3, -0.25) is 4.79 Å².